The monoisotopic (exact) mass is 340 g/mol. The Morgan fingerprint density at radius 2 is 2.00 bits per heavy atom. The minimum atomic E-state index is -0.987. The Bertz CT molecular complexity index is 812. The number of carbonyl (C=O) groups is 2. The second kappa shape index (κ2) is 6.33. The summed E-state index contributed by atoms with van der Waals surface area (Å²) in [6, 6.07) is 8.08. The SMILES string of the molecule is O=C(O)c1n[nH]c2c1CN(Cc1ccc(N3CCCC3=O)cc1)CC2. The fourth-order valence-corrected chi connectivity index (χ4v) is 3.62. The predicted molar refractivity (Wildman–Crippen MR) is 91.4 cm³/mol. The number of nitrogens with one attached hydrogen (secondary N) is 1. The molecule has 0 saturated carbocycles. The van der Waals surface area contributed by atoms with Crippen molar-refractivity contribution in [1.82, 2.24) is 15.1 Å². The van der Waals surface area contributed by atoms with Crippen LogP contribution in [0.2, 0.25) is 0 Å². The summed E-state index contributed by atoms with van der Waals surface area (Å²) in [6.07, 6.45) is 2.33. The van der Waals surface area contributed by atoms with Crippen LogP contribution in [0.5, 0.6) is 0 Å². The van der Waals surface area contributed by atoms with Gasteiger partial charge >= 0.3 is 5.97 Å². The zero-order valence-corrected chi connectivity index (χ0v) is 13.9. The van der Waals surface area contributed by atoms with E-state index in [0.29, 0.717) is 13.0 Å². The topological polar surface area (TPSA) is 89.5 Å². The maximum absolute atomic E-state index is 11.8. The first-order chi connectivity index (χ1) is 12.1. The molecule has 1 aromatic carbocycles. The van der Waals surface area contributed by atoms with Gasteiger partial charge in [0.1, 0.15) is 0 Å². The van der Waals surface area contributed by atoms with E-state index in [1.165, 1.54) is 0 Å². The van der Waals surface area contributed by atoms with Gasteiger partial charge in [0.25, 0.3) is 0 Å². The minimum absolute atomic E-state index is 0.127. The first-order valence-corrected chi connectivity index (χ1v) is 8.53. The molecule has 0 atom stereocenters. The number of carboxylic acids is 1. The van der Waals surface area contributed by atoms with Gasteiger partial charge in [0, 0.05) is 56.0 Å². The van der Waals surface area contributed by atoms with Crippen molar-refractivity contribution < 1.29 is 14.7 Å². The second-order valence-corrected chi connectivity index (χ2v) is 6.61. The van der Waals surface area contributed by atoms with Crippen LogP contribution in [0, 0.1) is 0 Å². The number of anilines is 1. The molecule has 2 N–H and O–H groups in total. The fourth-order valence-electron chi connectivity index (χ4n) is 3.62. The van der Waals surface area contributed by atoms with Gasteiger partial charge in [-0.1, -0.05) is 12.1 Å². The molecule has 7 nitrogen and oxygen atoms in total. The number of aromatic carboxylic acids is 1. The minimum Gasteiger partial charge on any atom is -0.476 e. The number of carboxylic acid groups (broad SMARTS) is 1. The van der Waals surface area contributed by atoms with Crippen LogP contribution in [0.3, 0.4) is 0 Å². The summed E-state index contributed by atoms with van der Waals surface area (Å²) >= 11 is 0. The molecule has 2 aromatic rings. The third kappa shape index (κ3) is 3.02. The molecule has 0 aliphatic carbocycles. The van der Waals surface area contributed by atoms with E-state index in [4.69, 9.17) is 0 Å². The van der Waals surface area contributed by atoms with Crippen LogP contribution in [0.4, 0.5) is 5.69 Å². The molecule has 7 heteroatoms. The molecule has 2 aliphatic heterocycles. The molecular weight excluding hydrogens is 320 g/mol. The number of hydrogen-bond donors (Lipinski definition) is 2. The molecule has 1 saturated heterocycles. The molecule has 130 valence electrons. The van der Waals surface area contributed by atoms with E-state index >= 15 is 0 Å². The van der Waals surface area contributed by atoms with Crippen molar-refractivity contribution in [1.29, 1.82) is 0 Å². The van der Waals surface area contributed by atoms with Crippen molar-refractivity contribution in [3.05, 3.63) is 46.8 Å². The van der Waals surface area contributed by atoms with Crippen LogP contribution < -0.4 is 4.90 Å². The van der Waals surface area contributed by atoms with Gasteiger partial charge in [-0.05, 0) is 24.1 Å². The number of hydrogen-bond acceptors (Lipinski definition) is 4. The van der Waals surface area contributed by atoms with Gasteiger partial charge in [-0.3, -0.25) is 14.8 Å². The van der Waals surface area contributed by atoms with E-state index in [1.807, 2.05) is 29.2 Å². The van der Waals surface area contributed by atoms with E-state index in [1.54, 1.807) is 0 Å². The van der Waals surface area contributed by atoms with Crippen molar-refractivity contribution in [2.75, 3.05) is 18.0 Å². The molecule has 1 aromatic heterocycles. The van der Waals surface area contributed by atoms with Crippen LogP contribution in [-0.2, 0) is 24.3 Å². The lowest BCUT2D eigenvalue weighted by Crippen LogP contribution is -2.30. The Hall–Kier alpha value is -2.67. The lowest BCUT2D eigenvalue weighted by atomic mass is 10.0. The number of fused-ring (bicyclic) bond motifs is 1. The second-order valence-electron chi connectivity index (χ2n) is 6.61. The highest BCUT2D eigenvalue weighted by Crippen LogP contribution is 2.24. The van der Waals surface area contributed by atoms with Crippen molar-refractivity contribution in [3.63, 3.8) is 0 Å². The highest BCUT2D eigenvalue weighted by molar-refractivity contribution is 5.95. The summed E-state index contributed by atoms with van der Waals surface area (Å²) in [5.74, 6) is -0.795. The summed E-state index contributed by atoms with van der Waals surface area (Å²) in [7, 11) is 0. The molecule has 1 amide bonds. The third-order valence-corrected chi connectivity index (χ3v) is 4.94. The van der Waals surface area contributed by atoms with Crippen molar-refractivity contribution in [2.45, 2.75) is 32.4 Å². The van der Waals surface area contributed by atoms with Crippen LogP contribution in [0.1, 0.15) is 40.2 Å². The van der Waals surface area contributed by atoms with E-state index < -0.39 is 5.97 Å². The van der Waals surface area contributed by atoms with E-state index in [9.17, 15) is 14.7 Å². The van der Waals surface area contributed by atoms with Crippen molar-refractivity contribution in [3.8, 4) is 0 Å². The number of aromatic amines is 1. The molecule has 0 bridgehead atoms. The van der Waals surface area contributed by atoms with Gasteiger partial charge < -0.3 is 10.0 Å². The molecule has 0 spiro atoms. The number of nitrogens with zero attached hydrogens (tertiary/aromatic N) is 3. The van der Waals surface area contributed by atoms with Gasteiger partial charge in [0.15, 0.2) is 5.69 Å². The number of amides is 1. The average Bonchev–Trinajstić information content (AvgIpc) is 3.21. The fraction of sp³-hybridized carbons (Fsp3) is 0.389. The first kappa shape index (κ1) is 15.8. The lowest BCUT2D eigenvalue weighted by molar-refractivity contribution is -0.117. The molecule has 3 heterocycles. The maximum atomic E-state index is 11.8. The van der Waals surface area contributed by atoms with Crippen molar-refractivity contribution >= 4 is 17.6 Å². The largest absolute Gasteiger partial charge is 0.476 e. The Kier molecular flexibility index (Phi) is 4.01. The maximum Gasteiger partial charge on any atom is 0.356 e. The van der Waals surface area contributed by atoms with Gasteiger partial charge in [0.05, 0.1) is 0 Å². The van der Waals surface area contributed by atoms with Crippen LogP contribution in [0.25, 0.3) is 0 Å². The van der Waals surface area contributed by atoms with E-state index in [2.05, 4.69) is 15.1 Å². The van der Waals surface area contributed by atoms with Gasteiger partial charge in [-0.15, -0.1) is 0 Å². The first-order valence-electron chi connectivity index (χ1n) is 8.53. The summed E-state index contributed by atoms with van der Waals surface area (Å²) in [5.41, 5.74) is 3.95. The molecule has 2 aliphatic rings. The summed E-state index contributed by atoms with van der Waals surface area (Å²) < 4.78 is 0. The highest BCUT2D eigenvalue weighted by Gasteiger charge is 2.25. The molecule has 0 radical (unpaired) electrons. The Morgan fingerprint density at radius 3 is 2.68 bits per heavy atom. The predicted octanol–water partition coefficient (Wildman–Crippen LogP) is 1.79. The summed E-state index contributed by atoms with van der Waals surface area (Å²) in [6.45, 7) is 2.99. The van der Waals surface area contributed by atoms with Crippen LogP contribution in [0.15, 0.2) is 24.3 Å². The smallest absolute Gasteiger partial charge is 0.356 e. The van der Waals surface area contributed by atoms with Crippen molar-refractivity contribution in [2.24, 2.45) is 0 Å². The third-order valence-electron chi connectivity index (χ3n) is 4.94. The van der Waals surface area contributed by atoms with Gasteiger partial charge in [0.2, 0.25) is 5.91 Å². The number of rotatable bonds is 4. The molecular formula is C18H20N4O3. The normalized spacial score (nSPS) is 17.8. The summed E-state index contributed by atoms with van der Waals surface area (Å²) in [5, 5.41) is 16.0. The Morgan fingerprint density at radius 1 is 1.20 bits per heavy atom. The Labute approximate surface area is 145 Å². The molecule has 4 rings (SSSR count). The Balaban J connectivity index is 1.45. The van der Waals surface area contributed by atoms with Gasteiger partial charge in [-0.2, -0.15) is 5.10 Å². The highest BCUT2D eigenvalue weighted by atomic mass is 16.4. The average molecular weight is 340 g/mol. The lowest BCUT2D eigenvalue weighted by Gasteiger charge is -2.27. The van der Waals surface area contributed by atoms with Crippen LogP contribution in [-0.4, -0.2) is 45.2 Å². The van der Waals surface area contributed by atoms with E-state index in [-0.39, 0.29) is 11.6 Å². The number of aromatic nitrogens is 2. The van der Waals surface area contributed by atoms with Gasteiger partial charge in [-0.25, -0.2) is 4.79 Å². The number of H-pyrrole nitrogens is 1. The molecule has 0 unspecified atom stereocenters. The number of benzene rings is 1. The standard InChI is InChI=1S/C18H20N4O3/c23-16-2-1-8-22(16)13-5-3-12(4-6-13)10-21-9-7-15-14(11-21)17(18(24)25)20-19-15/h3-6H,1-2,7-11H2,(H,19,20)(H,24,25). The molecule has 25 heavy (non-hydrogen) atoms. The zero-order chi connectivity index (χ0) is 17.4. The zero-order valence-electron chi connectivity index (χ0n) is 13.9. The summed E-state index contributed by atoms with van der Waals surface area (Å²) in [4.78, 5) is 27.1. The van der Waals surface area contributed by atoms with Crippen LogP contribution >= 0.6 is 0 Å². The van der Waals surface area contributed by atoms with E-state index in [0.717, 1.165) is 55.0 Å². The quantitative estimate of drug-likeness (QED) is 0.886. The molecule has 1 fully saturated rings. The number of carbonyl (C=O) groups excluding carboxylic acids is 1.